The zero-order valence-corrected chi connectivity index (χ0v) is 19.3. The summed E-state index contributed by atoms with van der Waals surface area (Å²) in [5.41, 5.74) is 3.40. The van der Waals surface area contributed by atoms with Crippen LogP contribution in [0, 0.1) is 6.92 Å². The van der Waals surface area contributed by atoms with Gasteiger partial charge in [0, 0.05) is 31.8 Å². The number of halogens is 3. The first kappa shape index (κ1) is 26.2. The lowest BCUT2D eigenvalue weighted by Crippen LogP contribution is -2.67. The summed E-state index contributed by atoms with van der Waals surface area (Å²) in [6.07, 6.45) is 8.19. The van der Waals surface area contributed by atoms with Gasteiger partial charge in [-0.2, -0.15) is 13.2 Å². The molecular weight excluding hydrogens is 453 g/mol. The van der Waals surface area contributed by atoms with Gasteiger partial charge in [0.25, 0.3) is 0 Å². The molecule has 1 aliphatic carbocycles. The number of nitrogens with zero attached hydrogens (tertiary/aromatic N) is 2. The lowest BCUT2D eigenvalue weighted by Gasteiger charge is -2.53. The van der Waals surface area contributed by atoms with Crippen molar-refractivity contribution in [1.82, 2.24) is 9.88 Å². The van der Waals surface area contributed by atoms with E-state index in [2.05, 4.69) is 17.1 Å². The largest absolute Gasteiger partial charge is 0.490 e. The Kier molecular flexibility index (Phi) is 8.70. The number of allylic oxidation sites excluding steroid dienone is 1. The summed E-state index contributed by atoms with van der Waals surface area (Å²) in [5, 5.41) is 7.12. The molecule has 2 saturated heterocycles. The highest BCUT2D eigenvalue weighted by atomic mass is 19.4. The number of alkyl halides is 3. The SMILES string of the molecule is Cc1cncc(COC2CCOC3(C2)CN(C(=O)CC2=CCCCC2)C3)c1.O=C(O)C(F)(F)F. The van der Waals surface area contributed by atoms with E-state index in [1.165, 1.54) is 18.4 Å². The maximum atomic E-state index is 12.5. The van der Waals surface area contributed by atoms with E-state index >= 15 is 0 Å². The fraction of sp³-hybridized carbons (Fsp3) is 0.625. The van der Waals surface area contributed by atoms with E-state index in [0.29, 0.717) is 32.7 Å². The van der Waals surface area contributed by atoms with Crippen molar-refractivity contribution < 1.29 is 37.3 Å². The number of pyridine rings is 1. The molecule has 0 bridgehead atoms. The van der Waals surface area contributed by atoms with Crippen LogP contribution in [0.15, 0.2) is 30.1 Å². The molecule has 3 heterocycles. The van der Waals surface area contributed by atoms with Crippen LogP contribution in [-0.4, -0.2) is 64.4 Å². The van der Waals surface area contributed by atoms with E-state index in [1.807, 2.05) is 24.2 Å². The predicted molar refractivity (Wildman–Crippen MR) is 117 cm³/mol. The number of likely N-dealkylation sites (tertiary alicyclic amines) is 1. The second-order valence-electron chi connectivity index (χ2n) is 9.17. The zero-order chi connectivity index (χ0) is 24.8. The van der Waals surface area contributed by atoms with Crippen LogP contribution in [0.2, 0.25) is 0 Å². The Labute approximate surface area is 196 Å². The number of aromatic nitrogens is 1. The number of hydrogen-bond donors (Lipinski definition) is 1. The van der Waals surface area contributed by atoms with Crippen molar-refractivity contribution in [1.29, 1.82) is 0 Å². The van der Waals surface area contributed by atoms with E-state index in [-0.39, 0.29) is 17.6 Å². The van der Waals surface area contributed by atoms with Crippen molar-refractivity contribution >= 4 is 11.9 Å². The quantitative estimate of drug-likeness (QED) is 0.631. The smallest absolute Gasteiger partial charge is 0.475 e. The molecule has 10 heteroatoms. The van der Waals surface area contributed by atoms with Crippen molar-refractivity contribution in [3.63, 3.8) is 0 Å². The summed E-state index contributed by atoms with van der Waals surface area (Å²) in [5.74, 6) is -2.50. The Balaban J connectivity index is 0.000000406. The maximum Gasteiger partial charge on any atom is 0.490 e. The zero-order valence-electron chi connectivity index (χ0n) is 19.3. The summed E-state index contributed by atoms with van der Waals surface area (Å²) in [4.78, 5) is 27.6. The molecule has 4 rings (SSSR count). The van der Waals surface area contributed by atoms with Crippen LogP contribution in [0.25, 0.3) is 0 Å². The molecule has 1 aromatic rings. The van der Waals surface area contributed by atoms with Gasteiger partial charge in [0.15, 0.2) is 0 Å². The van der Waals surface area contributed by atoms with Crippen LogP contribution in [-0.2, 0) is 25.7 Å². The van der Waals surface area contributed by atoms with Crippen molar-refractivity contribution in [2.45, 2.75) is 76.4 Å². The third-order valence-corrected chi connectivity index (χ3v) is 6.18. The van der Waals surface area contributed by atoms with Crippen LogP contribution < -0.4 is 0 Å². The number of rotatable bonds is 5. The Bertz CT molecular complexity index is 897. The van der Waals surface area contributed by atoms with Gasteiger partial charge in [-0.1, -0.05) is 17.7 Å². The summed E-state index contributed by atoms with van der Waals surface area (Å²) in [7, 11) is 0. The summed E-state index contributed by atoms with van der Waals surface area (Å²) in [6.45, 7) is 4.77. The van der Waals surface area contributed by atoms with Gasteiger partial charge in [-0.05, 0) is 50.2 Å². The highest BCUT2D eigenvalue weighted by Gasteiger charge is 2.49. The Hall–Kier alpha value is -2.46. The molecule has 1 spiro atoms. The van der Waals surface area contributed by atoms with Crippen molar-refractivity contribution in [2.24, 2.45) is 0 Å². The maximum absolute atomic E-state index is 12.5. The van der Waals surface area contributed by atoms with Crippen molar-refractivity contribution in [3.8, 4) is 0 Å². The molecule has 7 nitrogen and oxygen atoms in total. The van der Waals surface area contributed by atoms with Crippen molar-refractivity contribution in [2.75, 3.05) is 19.7 Å². The Morgan fingerprint density at radius 3 is 2.65 bits per heavy atom. The molecule has 1 unspecified atom stereocenters. The van der Waals surface area contributed by atoms with E-state index in [4.69, 9.17) is 19.4 Å². The third-order valence-electron chi connectivity index (χ3n) is 6.18. The predicted octanol–water partition coefficient (Wildman–Crippen LogP) is 4.19. The van der Waals surface area contributed by atoms with Crippen LogP contribution in [0.1, 0.15) is 56.1 Å². The minimum Gasteiger partial charge on any atom is -0.475 e. The van der Waals surface area contributed by atoms with Crippen LogP contribution in [0.4, 0.5) is 13.2 Å². The molecule has 0 saturated carbocycles. The number of ether oxygens (including phenoxy) is 2. The number of carbonyl (C=O) groups is 2. The molecular formula is C24H31F3N2O5. The average molecular weight is 485 g/mol. The number of carbonyl (C=O) groups excluding carboxylic acids is 1. The first-order valence-electron chi connectivity index (χ1n) is 11.5. The second-order valence-corrected chi connectivity index (χ2v) is 9.17. The van der Waals surface area contributed by atoms with Crippen LogP contribution in [0.3, 0.4) is 0 Å². The van der Waals surface area contributed by atoms with Gasteiger partial charge in [0.1, 0.15) is 5.60 Å². The standard InChI is InChI=1S/C22H30N2O3.C2HF3O2/c1-17-9-19(13-23-12-17)14-26-20-7-8-27-22(11-20)15-24(16-22)21(25)10-18-5-3-2-4-6-18;3-2(4,5)1(6)7/h5,9,12-13,20H,2-4,6-8,10-11,14-16H2,1H3;(H,6,7). The average Bonchev–Trinajstić information content (AvgIpc) is 2.77. The molecule has 2 aliphatic heterocycles. The normalized spacial score (nSPS) is 21.7. The number of carboxylic acids is 1. The fourth-order valence-corrected chi connectivity index (χ4v) is 4.45. The molecule has 3 aliphatic rings. The molecule has 34 heavy (non-hydrogen) atoms. The molecule has 188 valence electrons. The highest BCUT2D eigenvalue weighted by molar-refractivity contribution is 5.80. The number of aryl methyl sites for hydroxylation is 1. The lowest BCUT2D eigenvalue weighted by atomic mass is 9.84. The number of amides is 1. The minimum atomic E-state index is -5.08. The third kappa shape index (κ3) is 7.53. The van der Waals surface area contributed by atoms with Crippen LogP contribution >= 0.6 is 0 Å². The van der Waals surface area contributed by atoms with E-state index in [1.54, 1.807) is 0 Å². The van der Waals surface area contributed by atoms with Gasteiger partial charge in [0.2, 0.25) is 5.91 Å². The van der Waals surface area contributed by atoms with Gasteiger partial charge in [-0.3, -0.25) is 9.78 Å². The minimum absolute atomic E-state index is 0.190. The van der Waals surface area contributed by atoms with E-state index in [0.717, 1.165) is 36.8 Å². The summed E-state index contributed by atoms with van der Waals surface area (Å²) in [6, 6.07) is 2.12. The van der Waals surface area contributed by atoms with E-state index in [9.17, 15) is 18.0 Å². The first-order chi connectivity index (χ1) is 16.1. The molecule has 0 aromatic carbocycles. The first-order valence-corrected chi connectivity index (χ1v) is 11.5. The lowest BCUT2D eigenvalue weighted by molar-refractivity contribution is -0.202. The summed E-state index contributed by atoms with van der Waals surface area (Å²) < 4.78 is 43.9. The molecule has 0 radical (unpaired) electrons. The number of aliphatic carboxylic acids is 1. The van der Waals surface area contributed by atoms with E-state index < -0.39 is 12.1 Å². The number of hydrogen-bond acceptors (Lipinski definition) is 5. The molecule has 2 fully saturated rings. The van der Waals surface area contributed by atoms with Crippen molar-refractivity contribution in [3.05, 3.63) is 41.2 Å². The topological polar surface area (TPSA) is 89.0 Å². The molecule has 1 N–H and O–H groups in total. The van der Waals surface area contributed by atoms with Gasteiger partial charge in [-0.15, -0.1) is 0 Å². The Morgan fingerprint density at radius 2 is 2.03 bits per heavy atom. The van der Waals surface area contributed by atoms with Gasteiger partial charge >= 0.3 is 12.1 Å². The number of carboxylic acid groups (broad SMARTS) is 1. The van der Waals surface area contributed by atoms with Gasteiger partial charge < -0.3 is 19.5 Å². The van der Waals surface area contributed by atoms with Crippen LogP contribution in [0.5, 0.6) is 0 Å². The van der Waals surface area contributed by atoms with Gasteiger partial charge in [-0.25, -0.2) is 4.79 Å². The second kappa shape index (κ2) is 11.3. The molecule has 1 aromatic heterocycles. The molecule has 1 amide bonds. The highest BCUT2D eigenvalue weighted by Crippen LogP contribution is 2.36. The monoisotopic (exact) mass is 484 g/mol. The Morgan fingerprint density at radius 1 is 1.29 bits per heavy atom. The fourth-order valence-electron chi connectivity index (χ4n) is 4.45. The molecule has 1 atom stereocenters. The summed E-state index contributed by atoms with van der Waals surface area (Å²) >= 11 is 0. The van der Waals surface area contributed by atoms with Gasteiger partial charge in [0.05, 0.1) is 25.8 Å².